The number of anilines is 1. The zero-order valence-electron chi connectivity index (χ0n) is 12.8. The van der Waals surface area contributed by atoms with Crippen molar-refractivity contribution in [2.45, 2.75) is 12.3 Å². The van der Waals surface area contributed by atoms with Crippen LogP contribution >= 0.6 is 11.6 Å². The maximum absolute atomic E-state index is 12.5. The van der Waals surface area contributed by atoms with Crippen LogP contribution in [0.5, 0.6) is 5.88 Å². The molecule has 1 aliphatic heterocycles. The largest absolute Gasteiger partial charge is 0.470 e. The monoisotopic (exact) mass is 371 g/mol. The molecule has 0 unspecified atom stereocenters. The third-order valence-corrected chi connectivity index (χ3v) is 3.89. The number of halogens is 4. The van der Waals surface area contributed by atoms with Crippen molar-refractivity contribution in [2.24, 2.45) is 0 Å². The van der Waals surface area contributed by atoms with Crippen molar-refractivity contribution < 1.29 is 22.7 Å². The normalized spacial score (nSPS) is 14.8. The number of benzene rings is 1. The van der Waals surface area contributed by atoms with Gasteiger partial charge in [-0.05, 0) is 36.4 Å². The summed E-state index contributed by atoms with van der Waals surface area (Å²) in [6, 6.07) is 7.18. The molecule has 1 aromatic heterocycles. The lowest BCUT2D eigenvalue weighted by Crippen LogP contribution is -2.57. The first kappa shape index (κ1) is 17.3. The molecule has 1 aliphatic rings. The lowest BCUT2D eigenvalue weighted by molar-refractivity contribution is -0.137. The number of amides is 2. The molecule has 1 N–H and O–H groups in total. The number of rotatable bonds is 3. The standard InChI is InChI=1S/C16H13ClF3N3O2/c17-13-2-1-7-21-14(13)25-12-8-23(9-12)15(24)22-11-5-3-10(4-6-11)16(18,19)20/h1-7,12H,8-9H2,(H,22,24). The molecule has 5 nitrogen and oxygen atoms in total. The number of aromatic nitrogens is 1. The summed E-state index contributed by atoms with van der Waals surface area (Å²) in [4.78, 5) is 17.5. The van der Waals surface area contributed by atoms with E-state index in [9.17, 15) is 18.0 Å². The highest BCUT2D eigenvalue weighted by atomic mass is 35.5. The van der Waals surface area contributed by atoms with Gasteiger partial charge >= 0.3 is 12.2 Å². The third-order valence-electron chi connectivity index (χ3n) is 3.60. The van der Waals surface area contributed by atoms with Crippen molar-refractivity contribution >= 4 is 23.3 Å². The quantitative estimate of drug-likeness (QED) is 0.885. The number of nitrogens with zero attached hydrogens (tertiary/aromatic N) is 2. The molecule has 9 heteroatoms. The van der Waals surface area contributed by atoms with Crippen LogP contribution in [0.1, 0.15) is 5.56 Å². The predicted octanol–water partition coefficient (Wildman–Crippen LogP) is 4.05. The Morgan fingerprint density at radius 2 is 1.92 bits per heavy atom. The van der Waals surface area contributed by atoms with E-state index < -0.39 is 17.8 Å². The second kappa shape index (κ2) is 6.79. The van der Waals surface area contributed by atoms with Gasteiger partial charge in [-0.3, -0.25) is 0 Å². The minimum atomic E-state index is -4.41. The summed E-state index contributed by atoms with van der Waals surface area (Å²) in [7, 11) is 0. The van der Waals surface area contributed by atoms with Gasteiger partial charge in [0.25, 0.3) is 0 Å². The van der Waals surface area contributed by atoms with Gasteiger partial charge in [0.05, 0.1) is 18.7 Å². The Balaban J connectivity index is 1.50. The van der Waals surface area contributed by atoms with Crippen LogP contribution in [0, 0.1) is 0 Å². The Morgan fingerprint density at radius 3 is 2.52 bits per heavy atom. The Labute approximate surface area is 146 Å². The fraction of sp³-hybridized carbons (Fsp3) is 0.250. The average Bonchev–Trinajstić information content (AvgIpc) is 2.51. The number of nitrogens with one attached hydrogen (secondary N) is 1. The number of hydrogen-bond donors (Lipinski definition) is 1. The fourth-order valence-corrected chi connectivity index (χ4v) is 2.41. The van der Waals surface area contributed by atoms with Crippen molar-refractivity contribution in [3.63, 3.8) is 0 Å². The van der Waals surface area contributed by atoms with Crippen molar-refractivity contribution in [1.82, 2.24) is 9.88 Å². The van der Waals surface area contributed by atoms with Gasteiger partial charge in [0, 0.05) is 11.9 Å². The molecule has 2 aromatic rings. The van der Waals surface area contributed by atoms with E-state index in [1.165, 1.54) is 17.0 Å². The summed E-state index contributed by atoms with van der Waals surface area (Å²) < 4.78 is 43.1. The van der Waals surface area contributed by atoms with Gasteiger partial charge in [-0.2, -0.15) is 13.2 Å². The molecule has 0 aliphatic carbocycles. The smallest absolute Gasteiger partial charge is 0.416 e. The molecule has 0 saturated carbocycles. The first-order chi connectivity index (χ1) is 11.8. The topological polar surface area (TPSA) is 54.5 Å². The van der Waals surface area contributed by atoms with Gasteiger partial charge in [0.2, 0.25) is 5.88 Å². The van der Waals surface area contributed by atoms with E-state index in [-0.39, 0.29) is 11.8 Å². The lowest BCUT2D eigenvalue weighted by atomic mass is 10.2. The number of carbonyl (C=O) groups excluding carboxylic acids is 1. The SMILES string of the molecule is O=C(Nc1ccc(C(F)(F)F)cc1)N1CC(Oc2ncccc2Cl)C1. The molecule has 2 heterocycles. The average molecular weight is 372 g/mol. The van der Waals surface area contributed by atoms with Crippen LogP contribution in [0.25, 0.3) is 0 Å². The minimum absolute atomic E-state index is 0.231. The summed E-state index contributed by atoms with van der Waals surface area (Å²) in [5.74, 6) is 0.303. The number of pyridine rings is 1. The van der Waals surface area contributed by atoms with E-state index in [0.29, 0.717) is 24.0 Å². The summed E-state index contributed by atoms with van der Waals surface area (Å²) in [5, 5.41) is 2.93. The second-order valence-corrected chi connectivity index (χ2v) is 5.85. The predicted molar refractivity (Wildman–Crippen MR) is 85.7 cm³/mol. The molecule has 0 spiro atoms. The maximum Gasteiger partial charge on any atom is 0.416 e. The molecule has 0 radical (unpaired) electrons. The van der Waals surface area contributed by atoms with Crippen LogP contribution in [0.4, 0.5) is 23.7 Å². The molecular weight excluding hydrogens is 359 g/mol. The van der Waals surface area contributed by atoms with E-state index in [4.69, 9.17) is 16.3 Å². The van der Waals surface area contributed by atoms with Crippen molar-refractivity contribution in [1.29, 1.82) is 0 Å². The van der Waals surface area contributed by atoms with Crippen LogP contribution in [0.15, 0.2) is 42.6 Å². The number of carbonyl (C=O) groups is 1. The summed E-state index contributed by atoms with van der Waals surface area (Å²) >= 11 is 5.94. The molecule has 2 amide bonds. The molecule has 1 saturated heterocycles. The summed E-state index contributed by atoms with van der Waals surface area (Å²) in [6.45, 7) is 0.665. The number of urea groups is 1. The Hall–Kier alpha value is -2.48. The molecule has 1 fully saturated rings. The molecule has 0 atom stereocenters. The van der Waals surface area contributed by atoms with Crippen molar-refractivity contribution in [3.05, 3.63) is 53.2 Å². The van der Waals surface area contributed by atoms with E-state index in [1.54, 1.807) is 18.3 Å². The van der Waals surface area contributed by atoms with Gasteiger partial charge in [0.15, 0.2) is 0 Å². The molecule has 132 valence electrons. The van der Waals surface area contributed by atoms with Crippen LogP contribution in [-0.4, -0.2) is 35.1 Å². The van der Waals surface area contributed by atoms with E-state index in [1.807, 2.05) is 0 Å². The maximum atomic E-state index is 12.5. The van der Waals surface area contributed by atoms with Crippen LogP contribution in [0.2, 0.25) is 5.02 Å². The number of alkyl halides is 3. The van der Waals surface area contributed by atoms with Crippen LogP contribution < -0.4 is 10.1 Å². The van der Waals surface area contributed by atoms with Gasteiger partial charge in [0.1, 0.15) is 11.1 Å². The van der Waals surface area contributed by atoms with Crippen molar-refractivity contribution in [3.8, 4) is 5.88 Å². The highest BCUT2D eigenvalue weighted by Gasteiger charge is 2.33. The molecular formula is C16H13ClF3N3O2. The number of hydrogen-bond acceptors (Lipinski definition) is 3. The van der Waals surface area contributed by atoms with Crippen LogP contribution in [0.3, 0.4) is 0 Å². The van der Waals surface area contributed by atoms with Crippen molar-refractivity contribution in [2.75, 3.05) is 18.4 Å². The van der Waals surface area contributed by atoms with E-state index in [0.717, 1.165) is 12.1 Å². The van der Waals surface area contributed by atoms with E-state index >= 15 is 0 Å². The minimum Gasteiger partial charge on any atom is -0.470 e. The Morgan fingerprint density at radius 1 is 1.24 bits per heavy atom. The van der Waals surface area contributed by atoms with Gasteiger partial charge in [-0.15, -0.1) is 0 Å². The second-order valence-electron chi connectivity index (χ2n) is 5.44. The van der Waals surface area contributed by atoms with Crippen LogP contribution in [-0.2, 0) is 6.18 Å². The zero-order valence-corrected chi connectivity index (χ0v) is 13.5. The first-order valence-corrected chi connectivity index (χ1v) is 7.71. The molecule has 3 rings (SSSR count). The highest BCUT2D eigenvalue weighted by Crippen LogP contribution is 2.30. The Kier molecular flexibility index (Phi) is 4.71. The third kappa shape index (κ3) is 4.14. The number of ether oxygens (including phenoxy) is 1. The fourth-order valence-electron chi connectivity index (χ4n) is 2.24. The molecule has 0 bridgehead atoms. The summed E-state index contributed by atoms with van der Waals surface area (Å²) in [5.41, 5.74) is -0.481. The first-order valence-electron chi connectivity index (χ1n) is 7.33. The van der Waals surface area contributed by atoms with Gasteiger partial charge < -0.3 is 15.0 Å². The lowest BCUT2D eigenvalue weighted by Gasteiger charge is -2.38. The number of likely N-dealkylation sites (tertiary alicyclic amines) is 1. The highest BCUT2D eigenvalue weighted by molar-refractivity contribution is 6.31. The molecule has 25 heavy (non-hydrogen) atoms. The molecule has 1 aromatic carbocycles. The van der Waals surface area contributed by atoms with Gasteiger partial charge in [-0.25, -0.2) is 9.78 Å². The van der Waals surface area contributed by atoms with E-state index in [2.05, 4.69) is 10.3 Å². The zero-order chi connectivity index (χ0) is 18.0. The Bertz CT molecular complexity index is 762. The summed E-state index contributed by atoms with van der Waals surface area (Å²) in [6.07, 6.45) is -3.09. The van der Waals surface area contributed by atoms with Gasteiger partial charge in [-0.1, -0.05) is 11.6 Å².